The fraction of sp³-hybridized carbons (Fsp3) is 0.448. The van der Waals surface area contributed by atoms with E-state index in [2.05, 4.69) is 34.6 Å². The third-order valence-electron chi connectivity index (χ3n) is 8.05. The molecule has 1 fully saturated rings. The summed E-state index contributed by atoms with van der Waals surface area (Å²) >= 11 is 0. The number of nitrogens with zero attached hydrogens (tertiary/aromatic N) is 1. The number of hydrogen-bond donors (Lipinski definition) is 3. The second-order valence-electron chi connectivity index (χ2n) is 10.9. The van der Waals surface area contributed by atoms with Crippen molar-refractivity contribution in [1.82, 2.24) is 15.2 Å². The second-order valence-corrected chi connectivity index (χ2v) is 10.9. The molecule has 2 aromatic carbocycles. The second kappa shape index (κ2) is 10.5. The van der Waals surface area contributed by atoms with Gasteiger partial charge in [-0.05, 0) is 55.9 Å². The number of hydrogen-bond acceptors (Lipinski definition) is 4. The van der Waals surface area contributed by atoms with Crippen LogP contribution in [0.25, 0.3) is 10.9 Å². The molecule has 0 saturated carbocycles. The zero-order valence-corrected chi connectivity index (χ0v) is 22.6. The SMILES string of the molecule is COC1CC2(CCc3ccccc32)CCN1C(=O)[C@@H](Cc1c[nH]c2ccccc12)NC(=O)C(C)(C)N.Cl. The topological polar surface area (TPSA) is 100 Å². The number of aromatic nitrogens is 1. The molecule has 2 amide bonds. The third-order valence-corrected chi connectivity index (χ3v) is 8.05. The molecular weight excluding hydrogens is 488 g/mol. The van der Waals surface area contributed by atoms with Crippen LogP contribution in [0.3, 0.4) is 0 Å². The summed E-state index contributed by atoms with van der Waals surface area (Å²) in [6.45, 7) is 3.88. The molecule has 2 heterocycles. The minimum absolute atomic E-state index is 0. The lowest BCUT2D eigenvalue weighted by atomic mass is 9.73. The zero-order chi connectivity index (χ0) is 25.5. The van der Waals surface area contributed by atoms with Crippen LogP contribution < -0.4 is 11.1 Å². The summed E-state index contributed by atoms with van der Waals surface area (Å²) in [5, 5.41) is 4.00. The van der Waals surface area contributed by atoms with E-state index < -0.39 is 11.6 Å². The first-order chi connectivity index (χ1) is 17.2. The van der Waals surface area contributed by atoms with Gasteiger partial charge in [-0.2, -0.15) is 0 Å². The fourth-order valence-corrected chi connectivity index (χ4v) is 5.99. The molecule has 4 N–H and O–H groups in total. The van der Waals surface area contributed by atoms with E-state index in [9.17, 15) is 9.59 Å². The van der Waals surface area contributed by atoms with E-state index >= 15 is 0 Å². The van der Waals surface area contributed by atoms with Crippen LogP contribution in [0.15, 0.2) is 54.7 Å². The number of para-hydroxylation sites is 1. The van der Waals surface area contributed by atoms with Gasteiger partial charge >= 0.3 is 0 Å². The maximum atomic E-state index is 14.0. The molecule has 7 nitrogen and oxygen atoms in total. The van der Waals surface area contributed by atoms with Crippen LogP contribution in [-0.4, -0.2) is 53.2 Å². The van der Waals surface area contributed by atoms with Gasteiger partial charge < -0.3 is 25.7 Å². The van der Waals surface area contributed by atoms with Crippen LogP contribution in [-0.2, 0) is 32.6 Å². The molecule has 2 unspecified atom stereocenters. The molecule has 0 radical (unpaired) electrons. The van der Waals surface area contributed by atoms with Gasteiger partial charge in [0.1, 0.15) is 12.3 Å². The van der Waals surface area contributed by atoms with Crippen LogP contribution in [0.5, 0.6) is 0 Å². The molecule has 37 heavy (non-hydrogen) atoms. The largest absolute Gasteiger partial charge is 0.362 e. The first kappa shape index (κ1) is 27.2. The first-order valence-electron chi connectivity index (χ1n) is 12.8. The highest BCUT2D eigenvalue weighted by Gasteiger charge is 2.47. The Kier molecular flexibility index (Phi) is 7.70. The number of amides is 2. The number of piperidine rings is 1. The number of rotatable bonds is 6. The van der Waals surface area contributed by atoms with Crippen molar-refractivity contribution in [2.75, 3.05) is 13.7 Å². The summed E-state index contributed by atoms with van der Waals surface area (Å²) in [5.74, 6) is -0.487. The number of carbonyl (C=O) groups is 2. The Balaban J connectivity index is 0.00000320. The van der Waals surface area contributed by atoms with Crippen molar-refractivity contribution in [2.24, 2.45) is 5.73 Å². The first-order valence-corrected chi connectivity index (χ1v) is 12.8. The Morgan fingerprint density at radius 3 is 2.68 bits per heavy atom. The number of fused-ring (bicyclic) bond motifs is 3. The number of H-pyrrole nitrogens is 1. The van der Waals surface area contributed by atoms with Gasteiger partial charge in [0.25, 0.3) is 0 Å². The molecular formula is C29H37ClN4O3. The van der Waals surface area contributed by atoms with Gasteiger partial charge in [-0.15, -0.1) is 12.4 Å². The van der Waals surface area contributed by atoms with Gasteiger partial charge in [0.15, 0.2) is 0 Å². The lowest BCUT2D eigenvalue weighted by Gasteiger charge is -2.45. The number of nitrogens with two attached hydrogens (primary N) is 1. The summed E-state index contributed by atoms with van der Waals surface area (Å²) in [7, 11) is 1.67. The number of carbonyl (C=O) groups excluding carboxylic acids is 2. The average molecular weight is 525 g/mol. The average Bonchev–Trinajstić information content (AvgIpc) is 3.44. The molecule has 1 aromatic heterocycles. The van der Waals surface area contributed by atoms with Crippen molar-refractivity contribution >= 4 is 35.1 Å². The van der Waals surface area contributed by atoms with Gasteiger partial charge in [-0.1, -0.05) is 42.5 Å². The van der Waals surface area contributed by atoms with Crippen molar-refractivity contribution < 1.29 is 14.3 Å². The van der Waals surface area contributed by atoms with Crippen molar-refractivity contribution in [3.8, 4) is 0 Å². The van der Waals surface area contributed by atoms with Gasteiger partial charge in [-0.3, -0.25) is 9.59 Å². The summed E-state index contributed by atoms with van der Waals surface area (Å²) in [6, 6.07) is 15.9. The van der Waals surface area contributed by atoms with Crippen LogP contribution in [0.1, 0.15) is 49.8 Å². The molecule has 198 valence electrons. The van der Waals surface area contributed by atoms with Gasteiger partial charge in [0, 0.05) is 49.0 Å². The fourth-order valence-electron chi connectivity index (χ4n) is 5.99. The maximum absolute atomic E-state index is 14.0. The van der Waals surface area contributed by atoms with Crippen molar-refractivity contribution in [2.45, 2.75) is 69.2 Å². The van der Waals surface area contributed by atoms with E-state index in [1.54, 1.807) is 21.0 Å². The number of benzene rings is 2. The number of likely N-dealkylation sites (tertiary alicyclic amines) is 1. The van der Waals surface area contributed by atoms with E-state index in [1.165, 1.54) is 11.1 Å². The third kappa shape index (κ3) is 5.13. The Labute approximate surface area is 224 Å². The molecule has 0 bridgehead atoms. The lowest BCUT2D eigenvalue weighted by molar-refractivity contribution is -0.155. The number of ether oxygens (including phenoxy) is 1. The minimum Gasteiger partial charge on any atom is -0.362 e. The van der Waals surface area contributed by atoms with Crippen molar-refractivity contribution in [3.05, 3.63) is 71.4 Å². The minimum atomic E-state index is -1.10. The summed E-state index contributed by atoms with van der Waals surface area (Å²) < 4.78 is 5.92. The molecule has 2 aliphatic rings. The van der Waals surface area contributed by atoms with E-state index in [0.717, 1.165) is 42.1 Å². The molecule has 1 saturated heterocycles. The summed E-state index contributed by atoms with van der Waals surface area (Å²) in [4.78, 5) is 32.0. The smallest absolute Gasteiger partial charge is 0.247 e. The summed E-state index contributed by atoms with van der Waals surface area (Å²) in [5.41, 5.74) is 9.79. The molecule has 1 spiro atoms. The quantitative estimate of drug-likeness (QED) is 0.456. The van der Waals surface area contributed by atoms with Crippen molar-refractivity contribution in [3.63, 3.8) is 0 Å². The van der Waals surface area contributed by atoms with Gasteiger partial charge in [-0.25, -0.2) is 0 Å². The number of nitrogens with one attached hydrogen (secondary N) is 2. The molecule has 8 heteroatoms. The molecule has 1 aliphatic heterocycles. The van der Waals surface area contributed by atoms with Crippen LogP contribution >= 0.6 is 12.4 Å². The Morgan fingerprint density at radius 1 is 1.19 bits per heavy atom. The molecule has 3 atom stereocenters. The number of methoxy groups -OCH3 is 1. The standard InChI is InChI=1S/C29H36N4O3.ClH/c1-28(2,30)27(35)32-24(16-20-18-31-23-11-7-5-9-21(20)23)26(34)33-15-14-29(17-25(33)36-3)13-12-19-8-4-6-10-22(19)29;/h4-11,18,24-25,31H,12-17,30H2,1-3H3,(H,32,35);1H/t24-,25?,29?;/m1./s1. The lowest BCUT2D eigenvalue weighted by Crippen LogP contribution is -2.60. The Bertz CT molecular complexity index is 1280. The Hall–Kier alpha value is -2.87. The van der Waals surface area contributed by atoms with Gasteiger partial charge in [0.2, 0.25) is 11.8 Å². The van der Waals surface area contributed by atoms with E-state index in [1.807, 2.05) is 35.4 Å². The maximum Gasteiger partial charge on any atom is 0.247 e. The van der Waals surface area contributed by atoms with Crippen LogP contribution in [0.4, 0.5) is 0 Å². The van der Waals surface area contributed by atoms with Crippen LogP contribution in [0, 0.1) is 0 Å². The van der Waals surface area contributed by atoms with Crippen molar-refractivity contribution in [1.29, 1.82) is 0 Å². The van der Waals surface area contributed by atoms with E-state index in [4.69, 9.17) is 10.5 Å². The highest BCUT2D eigenvalue weighted by atomic mass is 35.5. The monoisotopic (exact) mass is 524 g/mol. The molecule has 1 aliphatic carbocycles. The highest BCUT2D eigenvalue weighted by molar-refractivity contribution is 5.92. The van der Waals surface area contributed by atoms with Gasteiger partial charge in [0.05, 0.1) is 5.54 Å². The number of aryl methyl sites for hydroxylation is 1. The normalized spacial score (nSPS) is 21.9. The molecule has 3 aromatic rings. The highest BCUT2D eigenvalue weighted by Crippen LogP contribution is 2.48. The zero-order valence-electron chi connectivity index (χ0n) is 21.8. The predicted molar refractivity (Wildman–Crippen MR) is 148 cm³/mol. The number of halogens is 1. The Morgan fingerprint density at radius 2 is 1.92 bits per heavy atom. The van der Waals surface area contributed by atoms with E-state index in [0.29, 0.717) is 13.0 Å². The summed E-state index contributed by atoms with van der Waals surface area (Å²) in [6.07, 6.45) is 5.70. The van der Waals surface area contributed by atoms with Crippen LogP contribution in [0.2, 0.25) is 0 Å². The number of aromatic amines is 1. The van der Waals surface area contributed by atoms with E-state index in [-0.39, 0.29) is 35.9 Å². The predicted octanol–water partition coefficient (Wildman–Crippen LogP) is 3.83. The molecule has 5 rings (SSSR count).